The molecule has 0 bridgehead atoms. The SMILES string of the molecule is Cc1nccn1C[C@@H](O)COCC1CC1. The fourth-order valence-corrected chi connectivity index (χ4v) is 1.53. The number of aryl methyl sites for hydroxylation is 1. The van der Waals surface area contributed by atoms with Crippen LogP contribution in [-0.2, 0) is 11.3 Å². The van der Waals surface area contributed by atoms with Crippen molar-refractivity contribution in [1.29, 1.82) is 0 Å². The molecule has 1 aliphatic rings. The van der Waals surface area contributed by atoms with Gasteiger partial charge in [0.25, 0.3) is 0 Å². The first-order chi connectivity index (χ1) is 7.25. The standard InChI is InChI=1S/C11H18N2O2/c1-9-12-4-5-13(9)6-11(14)8-15-7-10-2-3-10/h4-5,10-11,14H,2-3,6-8H2,1H3/t11-/m1/s1. The van der Waals surface area contributed by atoms with E-state index in [1.54, 1.807) is 6.20 Å². The van der Waals surface area contributed by atoms with Crippen LogP contribution in [0.25, 0.3) is 0 Å². The van der Waals surface area contributed by atoms with Crippen LogP contribution in [0, 0.1) is 12.8 Å². The van der Waals surface area contributed by atoms with E-state index in [4.69, 9.17) is 4.74 Å². The topological polar surface area (TPSA) is 47.3 Å². The van der Waals surface area contributed by atoms with Crippen molar-refractivity contribution < 1.29 is 9.84 Å². The molecule has 1 aromatic rings. The Kier molecular flexibility index (Phi) is 3.38. The molecule has 0 aliphatic heterocycles. The van der Waals surface area contributed by atoms with Gasteiger partial charge in [-0.05, 0) is 25.7 Å². The fourth-order valence-electron chi connectivity index (χ4n) is 1.53. The number of aromatic nitrogens is 2. The summed E-state index contributed by atoms with van der Waals surface area (Å²) in [5.41, 5.74) is 0. The van der Waals surface area contributed by atoms with Crippen LogP contribution in [0.5, 0.6) is 0 Å². The average molecular weight is 210 g/mol. The summed E-state index contributed by atoms with van der Waals surface area (Å²) in [4.78, 5) is 4.10. The highest BCUT2D eigenvalue weighted by atomic mass is 16.5. The van der Waals surface area contributed by atoms with E-state index in [0.29, 0.717) is 13.2 Å². The summed E-state index contributed by atoms with van der Waals surface area (Å²) in [6.45, 7) is 3.72. The largest absolute Gasteiger partial charge is 0.389 e. The molecule has 1 atom stereocenters. The highest BCUT2D eigenvalue weighted by Crippen LogP contribution is 2.28. The van der Waals surface area contributed by atoms with Crippen molar-refractivity contribution in [2.75, 3.05) is 13.2 Å². The van der Waals surface area contributed by atoms with E-state index in [1.807, 2.05) is 17.7 Å². The maximum Gasteiger partial charge on any atom is 0.105 e. The van der Waals surface area contributed by atoms with Crippen molar-refractivity contribution in [3.8, 4) is 0 Å². The molecule has 0 amide bonds. The first-order valence-corrected chi connectivity index (χ1v) is 5.49. The summed E-state index contributed by atoms with van der Waals surface area (Å²) in [5.74, 6) is 1.68. The number of hydrogen-bond donors (Lipinski definition) is 1. The Morgan fingerprint density at radius 2 is 2.47 bits per heavy atom. The quantitative estimate of drug-likeness (QED) is 0.761. The van der Waals surface area contributed by atoms with Gasteiger partial charge in [-0.1, -0.05) is 0 Å². The number of aliphatic hydroxyl groups excluding tert-OH is 1. The van der Waals surface area contributed by atoms with Crippen LogP contribution in [0.15, 0.2) is 12.4 Å². The lowest BCUT2D eigenvalue weighted by atomic mass is 10.3. The first kappa shape index (κ1) is 10.6. The van der Waals surface area contributed by atoms with E-state index in [0.717, 1.165) is 18.3 Å². The van der Waals surface area contributed by atoms with Gasteiger partial charge in [-0.3, -0.25) is 0 Å². The molecular weight excluding hydrogens is 192 g/mol. The molecule has 1 aromatic heterocycles. The predicted octanol–water partition coefficient (Wildman–Crippen LogP) is 0.979. The number of aliphatic hydroxyl groups is 1. The zero-order valence-corrected chi connectivity index (χ0v) is 9.09. The highest BCUT2D eigenvalue weighted by molar-refractivity contribution is 4.88. The normalized spacial score (nSPS) is 18.0. The minimum Gasteiger partial charge on any atom is -0.389 e. The van der Waals surface area contributed by atoms with Crippen LogP contribution in [0.4, 0.5) is 0 Å². The van der Waals surface area contributed by atoms with E-state index >= 15 is 0 Å². The van der Waals surface area contributed by atoms with E-state index < -0.39 is 6.10 Å². The summed E-state index contributed by atoms with van der Waals surface area (Å²) in [7, 11) is 0. The van der Waals surface area contributed by atoms with Gasteiger partial charge in [-0.25, -0.2) is 4.98 Å². The third kappa shape index (κ3) is 3.32. The Hall–Kier alpha value is -0.870. The molecular formula is C11H18N2O2. The zero-order valence-electron chi connectivity index (χ0n) is 9.09. The highest BCUT2D eigenvalue weighted by Gasteiger charge is 2.21. The Labute approximate surface area is 89.9 Å². The van der Waals surface area contributed by atoms with Gasteiger partial charge < -0.3 is 14.4 Å². The van der Waals surface area contributed by atoms with Crippen LogP contribution >= 0.6 is 0 Å². The van der Waals surface area contributed by atoms with Gasteiger partial charge in [-0.2, -0.15) is 0 Å². The van der Waals surface area contributed by atoms with Crippen molar-refractivity contribution in [1.82, 2.24) is 9.55 Å². The number of nitrogens with zero attached hydrogens (tertiary/aromatic N) is 2. The average Bonchev–Trinajstić information content (AvgIpc) is 2.93. The van der Waals surface area contributed by atoms with Crippen molar-refractivity contribution in [2.24, 2.45) is 5.92 Å². The summed E-state index contributed by atoms with van der Waals surface area (Å²) >= 11 is 0. The van der Waals surface area contributed by atoms with E-state index in [9.17, 15) is 5.11 Å². The third-order valence-electron chi connectivity index (χ3n) is 2.69. The molecule has 2 rings (SSSR count). The van der Waals surface area contributed by atoms with Crippen LogP contribution < -0.4 is 0 Å². The van der Waals surface area contributed by atoms with Crippen LogP contribution in [0.2, 0.25) is 0 Å². The molecule has 0 spiro atoms. The van der Waals surface area contributed by atoms with Gasteiger partial charge in [0.05, 0.1) is 19.3 Å². The van der Waals surface area contributed by atoms with Gasteiger partial charge in [0.2, 0.25) is 0 Å². The molecule has 4 nitrogen and oxygen atoms in total. The number of hydrogen-bond acceptors (Lipinski definition) is 3. The summed E-state index contributed by atoms with van der Waals surface area (Å²) < 4.78 is 7.36. The van der Waals surface area contributed by atoms with E-state index in [2.05, 4.69) is 4.98 Å². The molecule has 0 unspecified atom stereocenters. The van der Waals surface area contributed by atoms with Crippen molar-refractivity contribution in [2.45, 2.75) is 32.4 Å². The van der Waals surface area contributed by atoms with Gasteiger partial charge in [-0.15, -0.1) is 0 Å². The van der Waals surface area contributed by atoms with Crippen LogP contribution in [0.1, 0.15) is 18.7 Å². The zero-order chi connectivity index (χ0) is 10.7. The second kappa shape index (κ2) is 4.77. The van der Waals surface area contributed by atoms with Gasteiger partial charge in [0.15, 0.2) is 0 Å². The maximum atomic E-state index is 9.71. The van der Waals surface area contributed by atoms with Gasteiger partial charge in [0, 0.05) is 19.0 Å². The smallest absolute Gasteiger partial charge is 0.105 e. The first-order valence-electron chi connectivity index (χ1n) is 5.49. The molecule has 15 heavy (non-hydrogen) atoms. The minimum atomic E-state index is -0.434. The molecule has 4 heteroatoms. The maximum absolute atomic E-state index is 9.71. The Bertz CT molecular complexity index is 307. The summed E-state index contributed by atoms with van der Waals surface area (Å²) in [6.07, 6.45) is 5.76. The van der Waals surface area contributed by atoms with Crippen LogP contribution in [-0.4, -0.2) is 34.0 Å². The Balaban J connectivity index is 1.67. The number of ether oxygens (including phenoxy) is 1. The molecule has 1 saturated carbocycles. The molecule has 1 aliphatic carbocycles. The lowest BCUT2D eigenvalue weighted by molar-refractivity contribution is 0.0237. The van der Waals surface area contributed by atoms with Gasteiger partial charge >= 0.3 is 0 Å². The van der Waals surface area contributed by atoms with Crippen molar-refractivity contribution in [3.05, 3.63) is 18.2 Å². The number of rotatable bonds is 6. The minimum absolute atomic E-state index is 0.425. The molecule has 1 N–H and O–H groups in total. The fraction of sp³-hybridized carbons (Fsp3) is 0.727. The molecule has 84 valence electrons. The lowest BCUT2D eigenvalue weighted by Gasteiger charge is -2.12. The van der Waals surface area contributed by atoms with Gasteiger partial charge in [0.1, 0.15) is 5.82 Å². The van der Waals surface area contributed by atoms with Crippen LogP contribution in [0.3, 0.4) is 0 Å². The molecule has 0 aromatic carbocycles. The third-order valence-corrected chi connectivity index (χ3v) is 2.69. The second-order valence-corrected chi connectivity index (χ2v) is 4.26. The second-order valence-electron chi connectivity index (χ2n) is 4.26. The van der Waals surface area contributed by atoms with E-state index in [1.165, 1.54) is 12.8 Å². The lowest BCUT2D eigenvalue weighted by Crippen LogP contribution is -2.22. The number of imidazole rings is 1. The molecule has 0 saturated heterocycles. The van der Waals surface area contributed by atoms with E-state index in [-0.39, 0.29) is 0 Å². The van der Waals surface area contributed by atoms with Crippen molar-refractivity contribution in [3.63, 3.8) is 0 Å². The molecule has 1 heterocycles. The summed E-state index contributed by atoms with van der Waals surface area (Å²) in [6, 6.07) is 0. The van der Waals surface area contributed by atoms with Crippen molar-refractivity contribution >= 4 is 0 Å². The summed E-state index contributed by atoms with van der Waals surface area (Å²) in [5, 5.41) is 9.71. The predicted molar refractivity (Wildman–Crippen MR) is 56.5 cm³/mol. The Morgan fingerprint density at radius 3 is 3.07 bits per heavy atom. The monoisotopic (exact) mass is 210 g/mol. The molecule has 1 fully saturated rings. The Morgan fingerprint density at radius 1 is 1.67 bits per heavy atom. The molecule has 0 radical (unpaired) electrons.